The van der Waals surface area contributed by atoms with Gasteiger partial charge in [-0.1, -0.05) is 24.3 Å². The molecule has 0 spiro atoms. The van der Waals surface area contributed by atoms with Gasteiger partial charge in [0.2, 0.25) is 0 Å². The molecule has 188 valence electrons. The van der Waals surface area contributed by atoms with Crippen LogP contribution in [0.1, 0.15) is 11.1 Å². The molecule has 6 heterocycles. The molecular formula is C28H12Br4S6. The first-order valence-electron chi connectivity index (χ1n) is 11.4. The van der Waals surface area contributed by atoms with E-state index < -0.39 is 0 Å². The smallest absolute Gasteiger partial charge is 0.0651 e. The molecule has 0 atom stereocenters. The van der Waals surface area contributed by atoms with Gasteiger partial charge in [-0.05, 0) is 101 Å². The molecule has 0 nitrogen and oxygen atoms in total. The summed E-state index contributed by atoms with van der Waals surface area (Å²) in [6.07, 6.45) is 0. The number of rotatable bonds is 2. The normalized spacial score (nSPS) is 12.5. The lowest BCUT2D eigenvalue weighted by atomic mass is 10.2. The molecule has 0 fully saturated rings. The molecule has 10 heteroatoms. The minimum Gasteiger partial charge on any atom is -0.133 e. The van der Waals surface area contributed by atoms with Crippen LogP contribution in [0.4, 0.5) is 0 Å². The summed E-state index contributed by atoms with van der Waals surface area (Å²) in [4.78, 5) is 5.26. The van der Waals surface area contributed by atoms with Crippen LogP contribution in [0.5, 0.6) is 0 Å². The maximum absolute atomic E-state index is 4.01. The second kappa shape index (κ2) is 9.18. The highest BCUT2D eigenvalue weighted by molar-refractivity contribution is 9.11. The second-order valence-corrected chi connectivity index (χ2v) is 18.5. The third-order valence-corrected chi connectivity index (χ3v) is 19.6. The molecule has 6 aromatic heterocycles. The van der Waals surface area contributed by atoms with Crippen molar-refractivity contribution >= 4 is 180 Å². The van der Waals surface area contributed by atoms with Crippen molar-refractivity contribution in [2.45, 2.75) is 13.8 Å². The first-order valence-corrected chi connectivity index (χ1v) is 19.5. The summed E-state index contributed by atoms with van der Waals surface area (Å²) in [5.74, 6) is 0. The van der Waals surface area contributed by atoms with E-state index in [9.17, 15) is 0 Å². The van der Waals surface area contributed by atoms with Crippen molar-refractivity contribution in [2.24, 2.45) is 0 Å². The third-order valence-electron chi connectivity index (χ3n) is 6.63. The molecule has 0 saturated heterocycles. The molecule has 0 aliphatic heterocycles. The Hall–Kier alpha value is -0.140. The van der Waals surface area contributed by atoms with Gasteiger partial charge in [0.15, 0.2) is 0 Å². The number of halogens is 4. The van der Waals surface area contributed by atoms with Crippen molar-refractivity contribution in [1.29, 1.82) is 0 Å². The van der Waals surface area contributed by atoms with Crippen molar-refractivity contribution in [2.75, 3.05) is 0 Å². The quantitative estimate of drug-likeness (QED) is 0.162. The van der Waals surface area contributed by atoms with Crippen LogP contribution in [0.3, 0.4) is 0 Å². The SMILES string of the molecule is Cc1ccc2c(Br)c(-c3sc4c(sc5c6sc(-c7sc8cc(C)ccc8c7Br)c(Br)c6sc45)c3Br)sc2c1. The number of thiophene rings is 6. The van der Waals surface area contributed by atoms with Crippen LogP contribution in [0.15, 0.2) is 54.3 Å². The van der Waals surface area contributed by atoms with E-state index in [1.54, 1.807) is 0 Å². The minimum atomic E-state index is 1.20. The number of aryl methyl sites for hydroxylation is 2. The first kappa shape index (κ1) is 25.6. The van der Waals surface area contributed by atoms with Gasteiger partial charge in [0.1, 0.15) is 0 Å². The Morgan fingerprint density at radius 1 is 0.421 bits per heavy atom. The predicted molar refractivity (Wildman–Crippen MR) is 192 cm³/mol. The number of fused-ring (bicyclic) bond motifs is 7. The van der Waals surface area contributed by atoms with Gasteiger partial charge in [-0.2, -0.15) is 0 Å². The summed E-state index contributed by atoms with van der Waals surface area (Å²) in [5, 5.41) is 2.58. The summed E-state index contributed by atoms with van der Waals surface area (Å²) in [6, 6.07) is 13.4. The van der Waals surface area contributed by atoms with E-state index in [2.05, 4.69) is 114 Å². The molecule has 0 aliphatic carbocycles. The molecule has 2 aromatic carbocycles. The van der Waals surface area contributed by atoms with Crippen LogP contribution >= 0.6 is 132 Å². The van der Waals surface area contributed by atoms with Crippen LogP contribution in [-0.2, 0) is 0 Å². The fourth-order valence-corrected chi connectivity index (χ4v) is 17.5. The molecule has 38 heavy (non-hydrogen) atoms. The lowest BCUT2D eigenvalue weighted by Gasteiger charge is -1.96. The Bertz CT molecular complexity index is 2100. The maximum Gasteiger partial charge on any atom is 0.0651 e. The van der Waals surface area contributed by atoms with Crippen molar-refractivity contribution in [3.05, 3.63) is 65.4 Å². The highest BCUT2D eigenvalue weighted by atomic mass is 79.9. The van der Waals surface area contributed by atoms with Crippen LogP contribution in [0.2, 0.25) is 0 Å². The fraction of sp³-hybridized carbons (Fsp3) is 0.0714. The third kappa shape index (κ3) is 3.61. The van der Waals surface area contributed by atoms with Gasteiger partial charge in [0.05, 0.1) is 56.7 Å². The number of hydrogen-bond acceptors (Lipinski definition) is 6. The van der Waals surface area contributed by atoms with Gasteiger partial charge in [-0.25, -0.2) is 0 Å². The average molecular weight is 860 g/mol. The molecule has 0 radical (unpaired) electrons. The lowest BCUT2D eigenvalue weighted by Crippen LogP contribution is -1.70. The van der Waals surface area contributed by atoms with Gasteiger partial charge < -0.3 is 0 Å². The van der Waals surface area contributed by atoms with E-state index in [1.807, 2.05) is 68.0 Å². The molecule has 0 saturated carbocycles. The largest absolute Gasteiger partial charge is 0.133 e. The number of hydrogen-bond donors (Lipinski definition) is 0. The Morgan fingerprint density at radius 3 is 1.21 bits per heavy atom. The van der Waals surface area contributed by atoms with Crippen LogP contribution in [0.25, 0.3) is 67.9 Å². The zero-order chi connectivity index (χ0) is 26.0. The summed E-state index contributed by atoms with van der Waals surface area (Å²) < 4.78 is 15.8. The van der Waals surface area contributed by atoms with Gasteiger partial charge in [0.25, 0.3) is 0 Å². The van der Waals surface area contributed by atoms with Gasteiger partial charge >= 0.3 is 0 Å². The Morgan fingerprint density at radius 2 is 0.789 bits per heavy atom. The van der Waals surface area contributed by atoms with E-state index in [0.29, 0.717) is 0 Å². The maximum atomic E-state index is 4.01. The molecule has 0 bridgehead atoms. The Balaban J connectivity index is 1.31. The average Bonchev–Trinajstić information content (AvgIpc) is 3.69. The first-order chi connectivity index (χ1) is 18.3. The molecule has 8 rings (SSSR count). The molecule has 8 aromatic rings. The van der Waals surface area contributed by atoms with Crippen LogP contribution in [0, 0.1) is 13.8 Å². The van der Waals surface area contributed by atoms with E-state index in [4.69, 9.17) is 0 Å². The van der Waals surface area contributed by atoms with Gasteiger partial charge in [-0.3, -0.25) is 0 Å². The van der Waals surface area contributed by atoms with Crippen molar-refractivity contribution in [1.82, 2.24) is 0 Å². The zero-order valence-corrected chi connectivity index (χ0v) is 30.7. The zero-order valence-electron chi connectivity index (χ0n) is 19.4. The van der Waals surface area contributed by atoms with Crippen LogP contribution < -0.4 is 0 Å². The van der Waals surface area contributed by atoms with Crippen LogP contribution in [-0.4, -0.2) is 0 Å². The molecule has 0 amide bonds. The fourth-order valence-electron chi connectivity index (χ4n) is 4.80. The van der Waals surface area contributed by atoms with E-state index in [0.717, 1.165) is 0 Å². The van der Waals surface area contributed by atoms with Crippen molar-refractivity contribution in [3.8, 4) is 19.5 Å². The Kier molecular flexibility index (Phi) is 6.17. The van der Waals surface area contributed by atoms with E-state index in [1.165, 1.54) is 96.9 Å². The lowest BCUT2D eigenvalue weighted by molar-refractivity contribution is 1.52. The second-order valence-electron chi connectivity index (χ2n) is 9.16. The molecule has 0 aliphatic rings. The highest BCUT2D eigenvalue weighted by Crippen LogP contribution is 2.59. The summed E-state index contributed by atoms with van der Waals surface area (Å²) >= 11 is 27.3. The van der Waals surface area contributed by atoms with Gasteiger partial charge in [0, 0.05) is 29.1 Å². The summed E-state index contributed by atoms with van der Waals surface area (Å²) in [6.45, 7) is 4.32. The molecular weight excluding hydrogens is 848 g/mol. The van der Waals surface area contributed by atoms with E-state index in [-0.39, 0.29) is 0 Å². The monoisotopic (exact) mass is 856 g/mol. The standard InChI is InChI=1S/C28H12Br4S6/c1-9-3-5-11-13(7-9)33-19(15(11)29)21-17(31)23-25(35-21)27-28(37-23)26-24(38-27)18(32)22(36-26)20-16(30)12-6-4-10(2)8-14(12)34-20/h3-8H,1-2H3. The summed E-state index contributed by atoms with van der Waals surface area (Å²) in [7, 11) is 0. The van der Waals surface area contributed by atoms with Crippen molar-refractivity contribution in [3.63, 3.8) is 0 Å². The minimum absolute atomic E-state index is 1.20. The number of benzene rings is 2. The topological polar surface area (TPSA) is 0 Å². The Labute approximate surface area is 275 Å². The van der Waals surface area contributed by atoms with Gasteiger partial charge in [-0.15, -0.1) is 68.0 Å². The predicted octanol–water partition coefficient (Wildman–Crippen LogP) is 14.8. The van der Waals surface area contributed by atoms with Crippen molar-refractivity contribution < 1.29 is 0 Å². The highest BCUT2D eigenvalue weighted by Gasteiger charge is 2.26. The van der Waals surface area contributed by atoms with E-state index >= 15 is 0 Å². The summed E-state index contributed by atoms with van der Waals surface area (Å²) in [5.41, 5.74) is 2.60. The molecule has 0 N–H and O–H groups in total. The molecule has 0 unspecified atom stereocenters.